The molecule has 2 aromatic rings. The Bertz CT molecular complexity index is 792. The SMILES string of the molecule is CC(=O)NC(CC(F)N1CCN(Cc2ccccc2)CC1)C(=O)c1ccccc1. The second kappa shape index (κ2) is 10.3. The van der Waals surface area contributed by atoms with Crippen LogP contribution in [-0.2, 0) is 11.3 Å². The number of carbonyl (C=O) groups is 2. The summed E-state index contributed by atoms with van der Waals surface area (Å²) in [5.74, 6) is -0.592. The van der Waals surface area contributed by atoms with E-state index in [1.54, 1.807) is 29.2 Å². The Hall–Kier alpha value is -2.57. The fourth-order valence-electron chi connectivity index (χ4n) is 3.67. The smallest absolute Gasteiger partial charge is 0.217 e. The maximum absolute atomic E-state index is 15.0. The van der Waals surface area contributed by atoms with Gasteiger partial charge >= 0.3 is 0 Å². The highest BCUT2D eigenvalue weighted by atomic mass is 19.1. The molecular formula is C23H28FN3O2. The van der Waals surface area contributed by atoms with Crippen molar-refractivity contribution in [2.24, 2.45) is 0 Å². The van der Waals surface area contributed by atoms with Crippen LogP contribution in [-0.4, -0.2) is 60.0 Å². The monoisotopic (exact) mass is 397 g/mol. The number of benzene rings is 2. The Morgan fingerprint density at radius 2 is 1.55 bits per heavy atom. The van der Waals surface area contributed by atoms with Crippen LogP contribution < -0.4 is 5.32 Å². The lowest BCUT2D eigenvalue weighted by Crippen LogP contribution is -2.51. The minimum atomic E-state index is -1.28. The van der Waals surface area contributed by atoms with Crippen molar-refractivity contribution in [3.63, 3.8) is 0 Å². The third-order valence-electron chi connectivity index (χ3n) is 5.23. The minimum Gasteiger partial charge on any atom is -0.346 e. The number of carbonyl (C=O) groups excluding carboxylic acids is 2. The molecule has 2 atom stereocenters. The molecule has 1 amide bonds. The van der Waals surface area contributed by atoms with Crippen LogP contribution in [0.15, 0.2) is 60.7 Å². The summed E-state index contributed by atoms with van der Waals surface area (Å²) in [7, 11) is 0. The van der Waals surface area contributed by atoms with Gasteiger partial charge in [0, 0.05) is 51.6 Å². The molecule has 5 nitrogen and oxygen atoms in total. The molecule has 2 unspecified atom stereocenters. The van der Waals surface area contributed by atoms with E-state index in [9.17, 15) is 9.59 Å². The van der Waals surface area contributed by atoms with Gasteiger partial charge in [0.25, 0.3) is 0 Å². The molecule has 3 rings (SSSR count). The van der Waals surface area contributed by atoms with Gasteiger partial charge < -0.3 is 5.32 Å². The van der Waals surface area contributed by atoms with E-state index in [4.69, 9.17) is 0 Å². The van der Waals surface area contributed by atoms with Gasteiger partial charge in [0.1, 0.15) is 0 Å². The van der Waals surface area contributed by atoms with Crippen molar-refractivity contribution in [1.82, 2.24) is 15.1 Å². The van der Waals surface area contributed by atoms with Crippen molar-refractivity contribution < 1.29 is 14.0 Å². The summed E-state index contributed by atoms with van der Waals surface area (Å²) in [5.41, 5.74) is 1.73. The number of halogens is 1. The van der Waals surface area contributed by atoms with Crippen LogP contribution in [0.2, 0.25) is 0 Å². The standard InChI is InChI=1S/C23H28FN3O2/c1-18(28)25-21(23(29)20-10-6-3-7-11-20)16-22(24)27-14-12-26(13-15-27)17-19-8-4-2-5-9-19/h2-11,21-22H,12-17H2,1H3,(H,25,28). The van der Waals surface area contributed by atoms with Crippen molar-refractivity contribution in [2.45, 2.75) is 32.2 Å². The van der Waals surface area contributed by atoms with Gasteiger partial charge in [-0.3, -0.25) is 19.4 Å². The normalized spacial score (nSPS) is 17.4. The van der Waals surface area contributed by atoms with E-state index in [0.29, 0.717) is 18.7 Å². The molecule has 1 saturated heterocycles. The number of ketones is 1. The highest BCUT2D eigenvalue weighted by Crippen LogP contribution is 2.17. The molecule has 1 aliphatic heterocycles. The number of piperazine rings is 1. The number of rotatable bonds is 8. The Labute approximate surface area is 171 Å². The quantitative estimate of drug-likeness (QED) is 0.550. The maximum Gasteiger partial charge on any atom is 0.217 e. The summed E-state index contributed by atoms with van der Waals surface area (Å²) in [4.78, 5) is 28.4. The highest BCUT2D eigenvalue weighted by molar-refractivity contribution is 6.01. The van der Waals surface area contributed by atoms with E-state index < -0.39 is 12.3 Å². The highest BCUT2D eigenvalue weighted by Gasteiger charge is 2.30. The minimum absolute atomic E-state index is 0.0496. The number of nitrogens with zero attached hydrogens (tertiary/aromatic N) is 2. The zero-order valence-corrected chi connectivity index (χ0v) is 16.8. The van der Waals surface area contributed by atoms with Crippen molar-refractivity contribution in [2.75, 3.05) is 26.2 Å². The van der Waals surface area contributed by atoms with Crippen LogP contribution in [0.4, 0.5) is 4.39 Å². The van der Waals surface area contributed by atoms with Crippen LogP contribution in [0.25, 0.3) is 0 Å². The van der Waals surface area contributed by atoms with Gasteiger partial charge in [-0.05, 0) is 5.56 Å². The first-order chi connectivity index (χ1) is 14.0. The summed E-state index contributed by atoms with van der Waals surface area (Å²) in [6.45, 7) is 4.94. The van der Waals surface area contributed by atoms with E-state index in [2.05, 4.69) is 22.3 Å². The topological polar surface area (TPSA) is 52.7 Å². The first-order valence-electron chi connectivity index (χ1n) is 10.0. The van der Waals surface area contributed by atoms with Crippen molar-refractivity contribution >= 4 is 11.7 Å². The third-order valence-corrected chi connectivity index (χ3v) is 5.23. The molecule has 2 aromatic carbocycles. The number of alkyl halides is 1. The van der Waals surface area contributed by atoms with Gasteiger partial charge in [-0.25, -0.2) is 4.39 Å². The Balaban J connectivity index is 1.55. The molecule has 154 valence electrons. The molecule has 0 radical (unpaired) electrons. The van der Waals surface area contributed by atoms with Crippen molar-refractivity contribution in [3.05, 3.63) is 71.8 Å². The molecule has 0 saturated carbocycles. The predicted molar refractivity (Wildman–Crippen MR) is 111 cm³/mol. The lowest BCUT2D eigenvalue weighted by Gasteiger charge is -2.37. The fourth-order valence-corrected chi connectivity index (χ4v) is 3.67. The molecule has 1 N–H and O–H groups in total. The molecule has 1 aliphatic rings. The van der Waals surface area contributed by atoms with E-state index >= 15 is 4.39 Å². The van der Waals surface area contributed by atoms with Crippen LogP contribution >= 0.6 is 0 Å². The average Bonchev–Trinajstić information content (AvgIpc) is 2.74. The number of Topliss-reactive ketones (excluding diaryl/α,β-unsaturated/α-hetero) is 1. The Morgan fingerprint density at radius 3 is 2.14 bits per heavy atom. The molecule has 29 heavy (non-hydrogen) atoms. The third kappa shape index (κ3) is 6.21. The van der Waals surface area contributed by atoms with Gasteiger partial charge in [0.2, 0.25) is 5.91 Å². The second-order valence-electron chi connectivity index (χ2n) is 7.45. The Morgan fingerprint density at radius 1 is 0.966 bits per heavy atom. The summed E-state index contributed by atoms with van der Waals surface area (Å²) < 4.78 is 15.0. The van der Waals surface area contributed by atoms with Crippen LogP contribution in [0.3, 0.4) is 0 Å². The molecule has 0 aliphatic carbocycles. The lowest BCUT2D eigenvalue weighted by atomic mass is 10.0. The molecule has 0 aromatic heterocycles. The van der Waals surface area contributed by atoms with Gasteiger partial charge in [0.05, 0.1) is 6.04 Å². The average molecular weight is 397 g/mol. The van der Waals surface area contributed by atoms with E-state index in [1.807, 2.05) is 24.3 Å². The molecular weight excluding hydrogens is 369 g/mol. The fraction of sp³-hybridized carbons (Fsp3) is 0.391. The van der Waals surface area contributed by atoms with Crippen LogP contribution in [0, 0.1) is 0 Å². The van der Waals surface area contributed by atoms with Gasteiger partial charge in [0.15, 0.2) is 12.1 Å². The van der Waals surface area contributed by atoms with Gasteiger partial charge in [-0.2, -0.15) is 0 Å². The molecule has 1 fully saturated rings. The summed E-state index contributed by atoms with van der Waals surface area (Å²) in [6, 6.07) is 18.1. The predicted octanol–water partition coefficient (Wildman–Crippen LogP) is 2.88. The zero-order valence-electron chi connectivity index (χ0n) is 16.8. The number of nitrogens with one attached hydrogen (secondary N) is 1. The maximum atomic E-state index is 15.0. The van der Waals surface area contributed by atoms with Crippen molar-refractivity contribution in [1.29, 1.82) is 0 Å². The molecule has 1 heterocycles. The Kier molecular flexibility index (Phi) is 7.49. The van der Waals surface area contributed by atoms with Gasteiger partial charge in [-0.1, -0.05) is 60.7 Å². The van der Waals surface area contributed by atoms with E-state index in [0.717, 1.165) is 19.6 Å². The number of hydrogen-bond donors (Lipinski definition) is 1. The first kappa shape index (κ1) is 21.1. The molecule has 0 bridgehead atoms. The van der Waals surface area contributed by atoms with E-state index in [-0.39, 0.29) is 18.1 Å². The largest absolute Gasteiger partial charge is 0.346 e. The first-order valence-corrected chi connectivity index (χ1v) is 10.0. The van der Waals surface area contributed by atoms with Crippen LogP contribution in [0.5, 0.6) is 0 Å². The van der Waals surface area contributed by atoms with Gasteiger partial charge in [-0.15, -0.1) is 0 Å². The van der Waals surface area contributed by atoms with Crippen molar-refractivity contribution in [3.8, 4) is 0 Å². The number of amides is 1. The summed E-state index contributed by atoms with van der Waals surface area (Å²) in [6.07, 6.45) is -1.33. The summed E-state index contributed by atoms with van der Waals surface area (Å²) in [5, 5.41) is 2.62. The second-order valence-corrected chi connectivity index (χ2v) is 7.45. The number of hydrogen-bond acceptors (Lipinski definition) is 4. The van der Waals surface area contributed by atoms with E-state index in [1.165, 1.54) is 12.5 Å². The molecule has 6 heteroatoms. The summed E-state index contributed by atoms with van der Waals surface area (Å²) >= 11 is 0. The van der Waals surface area contributed by atoms with Crippen LogP contribution in [0.1, 0.15) is 29.3 Å². The lowest BCUT2D eigenvalue weighted by molar-refractivity contribution is -0.119. The zero-order chi connectivity index (χ0) is 20.6. The molecule has 0 spiro atoms.